The Hall–Kier alpha value is -2.35. The number of hydrogen-bond acceptors (Lipinski definition) is 4. The first-order chi connectivity index (χ1) is 10.5. The molecular formula is C14H16N4O3S. The van der Waals surface area contributed by atoms with Crippen molar-refractivity contribution in [1.82, 2.24) is 10.2 Å². The highest BCUT2D eigenvalue weighted by molar-refractivity contribution is 7.92. The van der Waals surface area contributed by atoms with E-state index in [0.717, 1.165) is 31.2 Å². The van der Waals surface area contributed by atoms with Gasteiger partial charge in [-0.15, -0.1) is 0 Å². The van der Waals surface area contributed by atoms with Crippen molar-refractivity contribution in [3.05, 3.63) is 41.1 Å². The van der Waals surface area contributed by atoms with Crippen molar-refractivity contribution in [3.63, 3.8) is 0 Å². The van der Waals surface area contributed by atoms with Crippen LogP contribution in [0.5, 0.6) is 0 Å². The number of anilines is 1. The van der Waals surface area contributed by atoms with E-state index in [4.69, 9.17) is 5.73 Å². The third kappa shape index (κ3) is 2.82. The smallest absolute Gasteiger partial charge is 0.266 e. The highest BCUT2D eigenvalue weighted by Gasteiger charge is 2.19. The minimum atomic E-state index is -3.74. The number of nitrogens with zero attached hydrogens (tertiary/aromatic N) is 1. The summed E-state index contributed by atoms with van der Waals surface area (Å²) in [5.74, 6) is -0.668. The zero-order valence-electron chi connectivity index (χ0n) is 11.8. The van der Waals surface area contributed by atoms with E-state index in [0.29, 0.717) is 0 Å². The van der Waals surface area contributed by atoms with Crippen LogP contribution >= 0.6 is 0 Å². The number of hydrogen-bond donors (Lipinski definition) is 3. The molecule has 1 aliphatic carbocycles. The molecule has 0 aliphatic heterocycles. The molecule has 1 amide bonds. The van der Waals surface area contributed by atoms with Crippen LogP contribution in [-0.4, -0.2) is 24.5 Å². The van der Waals surface area contributed by atoms with Crippen molar-refractivity contribution < 1.29 is 13.2 Å². The number of carbonyl (C=O) groups excluding carboxylic acids is 1. The summed E-state index contributed by atoms with van der Waals surface area (Å²) in [6.45, 7) is 0. The SMILES string of the molecule is NC(=O)c1cc(NS(=O)(=O)c2ccc3c(c2)CCCC3)n[nH]1. The van der Waals surface area contributed by atoms with E-state index in [1.165, 1.54) is 11.6 Å². The molecule has 0 fully saturated rings. The normalized spacial score (nSPS) is 14.4. The van der Waals surface area contributed by atoms with E-state index >= 15 is 0 Å². The molecule has 4 N–H and O–H groups in total. The van der Waals surface area contributed by atoms with Gasteiger partial charge < -0.3 is 5.73 Å². The molecule has 22 heavy (non-hydrogen) atoms. The van der Waals surface area contributed by atoms with Crippen molar-refractivity contribution in [2.24, 2.45) is 5.73 Å². The van der Waals surface area contributed by atoms with E-state index in [-0.39, 0.29) is 16.4 Å². The Kier molecular flexibility index (Phi) is 3.61. The summed E-state index contributed by atoms with van der Waals surface area (Å²) in [5.41, 5.74) is 7.42. The molecule has 1 aromatic heterocycles. The van der Waals surface area contributed by atoms with E-state index in [1.807, 2.05) is 6.07 Å². The van der Waals surface area contributed by atoms with E-state index in [9.17, 15) is 13.2 Å². The minimum Gasteiger partial charge on any atom is -0.364 e. The van der Waals surface area contributed by atoms with Crippen molar-refractivity contribution in [3.8, 4) is 0 Å². The van der Waals surface area contributed by atoms with Crippen molar-refractivity contribution in [2.45, 2.75) is 30.6 Å². The maximum atomic E-state index is 12.4. The summed E-state index contributed by atoms with van der Waals surface area (Å²) >= 11 is 0. The molecule has 0 atom stereocenters. The second-order valence-corrected chi connectivity index (χ2v) is 6.96. The van der Waals surface area contributed by atoms with Crippen LogP contribution in [0.25, 0.3) is 0 Å². The fourth-order valence-corrected chi connectivity index (χ4v) is 3.62. The number of aromatic amines is 1. The summed E-state index contributed by atoms with van der Waals surface area (Å²) in [6.07, 6.45) is 4.10. The first-order valence-electron chi connectivity index (χ1n) is 6.95. The molecule has 0 saturated heterocycles. The second-order valence-electron chi connectivity index (χ2n) is 5.27. The zero-order valence-corrected chi connectivity index (χ0v) is 12.6. The lowest BCUT2D eigenvalue weighted by atomic mass is 9.92. The molecule has 3 rings (SSSR count). The molecule has 116 valence electrons. The predicted molar refractivity (Wildman–Crippen MR) is 81.0 cm³/mol. The summed E-state index contributed by atoms with van der Waals surface area (Å²) in [4.78, 5) is 11.2. The fraction of sp³-hybridized carbons (Fsp3) is 0.286. The first-order valence-corrected chi connectivity index (χ1v) is 8.44. The van der Waals surface area contributed by atoms with Gasteiger partial charge in [-0.3, -0.25) is 14.6 Å². The molecule has 0 spiro atoms. The fourth-order valence-electron chi connectivity index (χ4n) is 2.57. The monoisotopic (exact) mass is 320 g/mol. The van der Waals surface area contributed by atoms with Crippen LogP contribution in [0.15, 0.2) is 29.2 Å². The molecule has 8 heteroatoms. The molecule has 1 heterocycles. The number of nitrogens with two attached hydrogens (primary N) is 1. The summed E-state index contributed by atoms with van der Waals surface area (Å²) < 4.78 is 27.1. The number of sulfonamides is 1. The molecular weight excluding hydrogens is 304 g/mol. The van der Waals surface area contributed by atoms with Gasteiger partial charge in [0.25, 0.3) is 15.9 Å². The van der Waals surface area contributed by atoms with Gasteiger partial charge in [-0.1, -0.05) is 6.07 Å². The summed E-state index contributed by atoms with van der Waals surface area (Å²) in [7, 11) is -3.74. The van der Waals surface area contributed by atoms with Gasteiger partial charge in [0, 0.05) is 6.07 Å². The lowest BCUT2D eigenvalue weighted by Gasteiger charge is -2.16. The Morgan fingerprint density at radius 2 is 1.91 bits per heavy atom. The predicted octanol–water partition coefficient (Wildman–Crippen LogP) is 1.19. The Balaban J connectivity index is 1.87. The van der Waals surface area contributed by atoms with Gasteiger partial charge in [-0.05, 0) is 48.9 Å². The van der Waals surface area contributed by atoms with Gasteiger partial charge in [-0.25, -0.2) is 8.42 Å². The third-order valence-electron chi connectivity index (χ3n) is 3.71. The van der Waals surface area contributed by atoms with Crippen LogP contribution in [-0.2, 0) is 22.9 Å². The van der Waals surface area contributed by atoms with Crippen LogP contribution in [0.1, 0.15) is 34.5 Å². The van der Waals surface area contributed by atoms with Crippen LogP contribution < -0.4 is 10.5 Å². The largest absolute Gasteiger partial charge is 0.364 e. The van der Waals surface area contributed by atoms with Crippen molar-refractivity contribution in [2.75, 3.05) is 4.72 Å². The standard InChI is InChI=1S/C14H16N4O3S/c15-14(19)12-8-13(17-16-12)18-22(20,21)11-6-5-9-3-1-2-4-10(9)7-11/h5-8H,1-4H2,(H2,15,19)(H2,16,17,18). The molecule has 0 radical (unpaired) electrons. The van der Waals surface area contributed by atoms with Crippen LogP contribution in [0.3, 0.4) is 0 Å². The number of amides is 1. The molecule has 0 saturated carbocycles. The third-order valence-corrected chi connectivity index (χ3v) is 5.06. The van der Waals surface area contributed by atoms with E-state index in [2.05, 4.69) is 14.9 Å². The van der Waals surface area contributed by atoms with E-state index < -0.39 is 15.9 Å². The number of carbonyl (C=O) groups is 1. The molecule has 0 bridgehead atoms. The van der Waals surface area contributed by atoms with Gasteiger partial charge in [0.05, 0.1) is 4.90 Å². The number of H-pyrrole nitrogens is 1. The van der Waals surface area contributed by atoms with Crippen LogP contribution in [0.4, 0.5) is 5.82 Å². The highest BCUT2D eigenvalue weighted by Crippen LogP contribution is 2.25. The number of benzene rings is 1. The average Bonchev–Trinajstić information content (AvgIpc) is 2.95. The first kappa shape index (κ1) is 14.6. The number of nitrogens with one attached hydrogen (secondary N) is 2. The van der Waals surface area contributed by atoms with Crippen molar-refractivity contribution in [1.29, 1.82) is 0 Å². The average molecular weight is 320 g/mol. The van der Waals surface area contributed by atoms with Crippen LogP contribution in [0.2, 0.25) is 0 Å². The Labute approximate surface area is 128 Å². The maximum Gasteiger partial charge on any atom is 0.266 e. The number of aromatic nitrogens is 2. The quantitative estimate of drug-likeness (QED) is 0.784. The lowest BCUT2D eigenvalue weighted by molar-refractivity contribution is 0.0995. The number of rotatable bonds is 4. The molecule has 0 unspecified atom stereocenters. The molecule has 2 aromatic rings. The van der Waals surface area contributed by atoms with Crippen molar-refractivity contribution >= 4 is 21.7 Å². The van der Waals surface area contributed by atoms with Crippen LogP contribution in [0, 0.1) is 0 Å². The Bertz CT molecular complexity index is 826. The van der Waals surface area contributed by atoms with Gasteiger partial charge in [0.2, 0.25) is 0 Å². The Morgan fingerprint density at radius 3 is 2.59 bits per heavy atom. The van der Waals surface area contributed by atoms with E-state index in [1.54, 1.807) is 12.1 Å². The number of fused-ring (bicyclic) bond motifs is 1. The van der Waals surface area contributed by atoms with Gasteiger partial charge >= 0.3 is 0 Å². The minimum absolute atomic E-state index is 0.0338. The molecule has 7 nitrogen and oxygen atoms in total. The topological polar surface area (TPSA) is 118 Å². The molecule has 1 aliphatic rings. The number of primary amides is 1. The Morgan fingerprint density at radius 1 is 1.18 bits per heavy atom. The lowest BCUT2D eigenvalue weighted by Crippen LogP contribution is -2.14. The summed E-state index contributed by atoms with van der Waals surface area (Å²) in [6, 6.07) is 6.42. The zero-order chi connectivity index (χ0) is 15.7. The second kappa shape index (κ2) is 5.45. The van der Waals surface area contributed by atoms with Gasteiger partial charge in [0.1, 0.15) is 5.69 Å². The van der Waals surface area contributed by atoms with Gasteiger partial charge in [-0.2, -0.15) is 5.10 Å². The van der Waals surface area contributed by atoms with Gasteiger partial charge in [0.15, 0.2) is 5.82 Å². The highest BCUT2D eigenvalue weighted by atomic mass is 32.2. The summed E-state index contributed by atoms with van der Waals surface area (Å²) in [5, 5.41) is 6.10. The number of aryl methyl sites for hydroxylation is 2. The molecule has 1 aromatic carbocycles. The maximum absolute atomic E-state index is 12.4.